The summed E-state index contributed by atoms with van der Waals surface area (Å²) in [5.74, 6) is -0.0262. The molecule has 0 aliphatic carbocycles. The van der Waals surface area contributed by atoms with E-state index in [4.69, 9.17) is 0 Å². The van der Waals surface area contributed by atoms with Crippen LogP contribution < -0.4 is 5.32 Å². The SMILES string of the molecule is O=C(Cc1csc(-c2cc(Br)cs2)n1)NCc1cccc(Cn2cccn2)c1. The Morgan fingerprint density at radius 2 is 2.04 bits per heavy atom. The highest BCUT2D eigenvalue weighted by Crippen LogP contribution is 2.32. The highest BCUT2D eigenvalue weighted by Gasteiger charge is 2.10. The highest BCUT2D eigenvalue weighted by atomic mass is 79.9. The first-order valence-electron chi connectivity index (χ1n) is 8.66. The van der Waals surface area contributed by atoms with Crippen molar-refractivity contribution in [1.29, 1.82) is 0 Å². The van der Waals surface area contributed by atoms with Crippen LogP contribution in [0.1, 0.15) is 16.8 Å². The molecule has 0 saturated carbocycles. The summed E-state index contributed by atoms with van der Waals surface area (Å²) in [5, 5.41) is 12.1. The van der Waals surface area contributed by atoms with Crippen LogP contribution in [-0.4, -0.2) is 20.7 Å². The average Bonchev–Trinajstić information content (AvgIpc) is 3.43. The molecule has 0 aliphatic rings. The topological polar surface area (TPSA) is 59.8 Å². The lowest BCUT2D eigenvalue weighted by Gasteiger charge is -2.07. The second-order valence-electron chi connectivity index (χ2n) is 6.25. The van der Waals surface area contributed by atoms with E-state index >= 15 is 0 Å². The van der Waals surface area contributed by atoms with Gasteiger partial charge in [0.15, 0.2) is 0 Å². The van der Waals surface area contributed by atoms with Gasteiger partial charge in [0, 0.05) is 34.2 Å². The molecule has 1 amide bonds. The number of thiophene rings is 1. The summed E-state index contributed by atoms with van der Waals surface area (Å²) in [6.07, 6.45) is 3.99. The van der Waals surface area contributed by atoms with Gasteiger partial charge in [-0.05, 0) is 39.2 Å². The van der Waals surface area contributed by atoms with Crippen molar-refractivity contribution in [3.05, 3.63) is 80.8 Å². The number of hydrogen-bond acceptors (Lipinski definition) is 5. The van der Waals surface area contributed by atoms with Crippen LogP contribution in [0.5, 0.6) is 0 Å². The third kappa shape index (κ3) is 4.95. The molecule has 8 heteroatoms. The van der Waals surface area contributed by atoms with E-state index in [9.17, 15) is 4.79 Å². The van der Waals surface area contributed by atoms with Crippen molar-refractivity contribution < 1.29 is 4.79 Å². The highest BCUT2D eigenvalue weighted by molar-refractivity contribution is 9.10. The number of hydrogen-bond donors (Lipinski definition) is 1. The molecule has 0 bridgehead atoms. The van der Waals surface area contributed by atoms with Crippen LogP contribution in [0.15, 0.2) is 64.0 Å². The summed E-state index contributed by atoms with van der Waals surface area (Å²) in [7, 11) is 0. The van der Waals surface area contributed by atoms with E-state index in [0.29, 0.717) is 6.54 Å². The molecular formula is C20H17BrN4OS2. The second-order valence-corrected chi connectivity index (χ2v) is 8.94. The summed E-state index contributed by atoms with van der Waals surface area (Å²) in [4.78, 5) is 18.0. The van der Waals surface area contributed by atoms with Gasteiger partial charge in [0.1, 0.15) is 5.01 Å². The van der Waals surface area contributed by atoms with Crippen LogP contribution >= 0.6 is 38.6 Å². The standard InChI is InChI=1S/C20H17BrN4OS2/c21-16-8-18(27-12-16)20-24-17(13-28-20)9-19(26)22-10-14-3-1-4-15(7-14)11-25-6-2-5-23-25/h1-8,12-13H,9-11H2,(H,22,26). The monoisotopic (exact) mass is 472 g/mol. The molecule has 0 saturated heterocycles. The predicted octanol–water partition coefficient (Wildman–Crippen LogP) is 4.74. The Balaban J connectivity index is 1.32. The van der Waals surface area contributed by atoms with Crippen molar-refractivity contribution in [3.8, 4) is 9.88 Å². The van der Waals surface area contributed by atoms with Crippen LogP contribution in [0.25, 0.3) is 9.88 Å². The van der Waals surface area contributed by atoms with Gasteiger partial charge in [-0.15, -0.1) is 22.7 Å². The molecule has 3 heterocycles. The fourth-order valence-electron chi connectivity index (χ4n) is 2.77. The van der Waals surface area contributed by atoms with Crippen LogP contribution in [0.4, 0.5) is 0 Å². The van der Waals surface area contributed by atoms with Gasteiger partial charge in [0.2, 0.25) is 5.91 Å². The summed E-state index contributed by atoms with van der Waals surface area (Å²) in [6.45, 7) is 1.22. The molecule has 1 N–H and O–H groups in total. The zero-order chi connectivity index (χ0) is 19.3. The number of nitrogens with zero attached hydrogens (tertiary/aromatic N) is 3. The summed E-state index contributed by atoms with van der Waals surface area (Å²) < 4.78 is 2.93. The number of nitrogens with one attached hydrogen (secondary N) is 1. The zero-order valence-corrected chi connectivity index (χ0v) is 18.1. The Labute approximate surface area is 179 Å². The van der Waals surface area contributed by atoms with E-state index in [2.05, 4.69) is 43.5 Å². The lowest BCUT2D eigenvalue weighted by molar-refractivity contribution is -0.120. The van der Waals surface area contributed by atoms with Gasteiger partial charge < -0.3 is 5.32 Å². The van der Waals surface area contributed by atoms with Crippen LogP contribution in [0.3, 0.4) is 0 Å². The van der Waals surface area contributed by atoms with Crippen molar-refractivity contribution in [2.75, 3.05) is 0 Å². The van der Waals surface area contributed by atoms with E-state index in [1.807, 2.05) is 45.9 Å². The minimum absolute atomic E-state index is 0.0262. The predicted molar refractivity (Wildman–Crippen MR) is 116 cm³/mol. The Morgan fingerprint density at radius 1 is 1.14 bits per heavy atom. The first-order chi connectivity index (χ1) is 13.7. The molecule has 3 aromatic heterocycles. The molecule has 28 heavy (non-hydrogen) atoms. The Kier molecular flexibility index (Phi) is 5.99. The second kappa shape index (κ2) is 8.81. The van der Waals surface area contributed by atoms with Crippen molar-refractivity contribution in [3.63, 3.8) is 0 Å². The lowest BCUT2D eigenvalue weighted by Crippen LogP contribution is -2.24. The maximum absolute atomic E-state index is 12.3. The number of aromatic nitrogens is 3. The number of carbonyl (C=O) groups excluding carboxylic acids is 1. The molecule has 0 radical (unpaired) electrons. The van der Waals surface area contributed by atoms with Crippen LogP contribution in [-0.2, 0) is 24.3 Å². The van der Waals surface area contributed by atoms with Gasteiger partial charge in [-0.25, -0.2) is 4.98 Å². The summed E-state index contributed by atoms with van der Waals surface area (Å²) >= 11 is 6.66. The van der Waals surface area contributed by atoms with Gasteiger partial charge in [-0.3, -0.25) is 9.48 Å². The molecule has 142 valence electrons. The third-order valence-electron chi connectivity index (χ3n) is 4.06. The van der Waals surface area contributed by atoms with E-state index in [1.54, 1.807) is 28.9 Å². The smallest absolute Gasteiger partial charge is 0.226 e. The van der Waals surface area contributed by atoms with Crippen molar-refractivity contribution >= 4 is 44.5 Å². The first-order valence-corrected chi connectivity index (χ1v) is 11.2. The molecule has 4 aromatic rings. The number of amides is 1. The Hall–Kier alpha value is -2.29. The fraction of sp³-hybridized carbons (Fsp3) is 0.150. The molecule has 5 nitrogen and oxygen atoms in total. The Bertz CT molecular complexity index is 1070. The van der Waals surface area contributed by atoms with E-state index in [0.717, 1.165) is 37.7 Å². The van der Waals surface area contributed by atoms with Gasteiger partial charge >= 0.3 is 0 Å². The van der Waals surface area contributed by atoms with E-state index in [1.165, 1.54) is 0 Å². The third-order valence-corrected chi connectivity index (χ3v) is 6.81. The molecule has 0 atom stereocenters. The van der Waals surface area contributed by atoms with Gasteiger partial charge in [-0.1, -0.05) is 24.3 Å². The van der Waals surface area contributed by atoms with Crippen molar-refractivity contribution in [1.82, 2.24) is 20.1 Å². The summed E-state index contributed by atoms with van der Waals surface area (Å²) in [5.41, 5.74) is 3.02. The fourth-order valence-corrected chi connectivity index (χ4v) is 5.10. The molecule has 1 aromatic carbocycles. The Morgan fingerprint density at radius 3 is 2.82 bits per heavy atom. The maximum Gasteiger partial charge on any atom is 0.226 e. The molecule has 0 aliphatic heterocycles. The zero-order valence-electron chi connectivity index (χ0n) is 14.8. The number of rotatable bonds is 7. The quantitative estimate of drug-likeness (QED) is 0.422. The van der Waals surface area contributed by atoms with E-state index < -0.39 is 0 Å². The number of halogens is 1. The average molecular weight is 473 g/mol. The minimum atomic E-state index is -0.0262. The molecule has 0 fully saturated rings. The van der Waals surface area contributed by atoms with Gasteiger partial charge in [0.25, 0.3) is 0 Å². The summed E-state index contributed by atoms with van der Waals surface area (Å²) in [6, 6.07) is 12.1. The van der Waals surface area contributed by atoms with Crippen LogP contribution in [0, 0.1) is 0 Å². The van der Waals surface area contributed by atoms with Gasteiger partial charge in [-0.2, -0.15) is 5.10 Å². The van der Waals surface area contributed by atoms with Crippen molar-refractivity contribution in [2.45, 2.75) is 19.5 Å². The normalized spacial score (nSPS) is 10.9. The minimum Gasteiger partial charge on any atom is -0.352 e. The molecule has 4 rings (SSSR count). The maximum atomic E-state index is 12.3. The van der Waals surface area contributed by atoms with Crippen LogP contribution in [0.2, 0.25) is 0 Å². The molecule has 0 unspecified atom stereocenters. The van der Waals surface area contributed by atoms with E-state index in [-0.39, 0.29) is 12.3 Å². The largest absolute Gasteiger partial charge is 0.352 e. The first kappa shape index (κ1) is 19.0. The number of carbonyl (C=O) groups is 1. The molecule has 0 spiro atoms. The number of benzene rings is 1. The number of thiazole rings is 1. The van der Waals surface area contributed by atoms with Crippen molar-refractivity contribution in [2.24, 2.45) is 0 Å². The van der Waals surface area contributed by atoms with Gasteiger partial charge in [0.05, 0.1) is 23.5 Å². The lowest BCUT2D eigenvalue weighted by atomic mass is 10.1. The molecular weight excluding hydrogens is 456 g/mol.